The lowest BCUT2D eigenvalue weighted by Crippen LogP contribution is -2.61. The van der Waals surface area contributed by atoms with E-state index in [2.05, 4.69) is 67.5 Å². The highest BCUT2D eigenvalue weighted by Gasteiger charge is 2.34. The number of amides is 7. The van der Waals surface area contributed by atoms with Gasteiger partial charge in [-0.25, -0.2) is 0 Å². The number of carbonyl (C=O) groups excluding carboxylic acids is 7. The number of aliphatic carboxylic acids is 1. The van der Waals surface area contributed by atoms with Crippen molar-refractivity contribution in [2.45, 2.75) is 109 Å². The van der Waals surface area contributed by atoms with Crippen molar-refractivity contribution in [2.24, 2.45) is 17.4 Å². The van der Waals surface area contributed by atoms with Crippen LogP contribution < -0.4 is 48.7 Å². The van der Waals surface area contributed by atoms with Gasteiger partial charge < -0.3 is 58.8 Å². The summed E-state index contributed by atoms with van der Waals surface area (Å²) < 4.78 is 0. The van der Waals surface area contributed by atoms with Gasteiger partial charge >= 0.3 is 5.97 Å². The molecule has 0 aliphatic carbocycles. The molecule has 2 rings (SSSR count). The van der Waals surface area contributed by atoms with Gasteiger partial charge in [-0.3, -0.25) is 38.4 Å². The molecule has 1 heterocycles. The van der Waals surface area contributed by atoms with Gasteiger partial charge in [0.1, 0.15) is 42.3 Å². The van der Waals surface area contributed by atoms with Crippen LogP contribution >= 0.6 is 25.3 Å². The Balaban J connectivity index is 2.36. The lowest BCUT2D eigenvalue weighted by atomic mass is 10.0. The number of hydrogen-bond donors (Lipinski definition) is 13. The van der Waals surface area contributed by atoms with Crippen LogP contribution in [0.2, 0.25) is 0 Å². The third-order valence-corrected chi connectivity index (χ3v) is 9.81. The third kappa shape index (κ3) is 15.1. The minimum Gasteiger partial charge on any atom is -0.480 e. The molecule has 2 aromatic rings. The molecule has 0 aliphatic heterocycles. The van der Waals surface area contributed by atoms with E-state index in [1.165, 1.54) is 20.8 Å². The second-order valence-electron chi connectivity index (χ2n) is 14.3. The van der Waals surface area contributed by atoms with Gasteiger partial charge in [-0.1, -0.05) is 32.0 Å². The van der Waals surface area contributed by atoms with Crippen LogP contribution in [0.15, 0.2) is 30.5 Å². The minimum atomic E-state index is -1.28. The van der Waals surface area contributed by atoms with Crippen molar-refractivity contribution < 1.29 is 43.5 Å². The first-order valence-corrected chi connectivity index (χ1v) is 20.2. The summed E-state index contributed by atoms with van der Waals surface area (Å²) in [5.41, 5.74) is 12.8. The predicted molar refractivity (Wildman–Crippen MR) is 224 cm³/mol. The highest BCUT2D eigenvalue weighted by Crippen LogP contribution is 2.19. The molecule has 7 amide bonds. The number of H-pyrrole nitrogens is 1. The van der Waals surface area contributed by atoms with Gasteiger partial charge in [0.25, 0.3) is 0 Å². The Bertz CT molecular complexity index is 1760. The number of nitrogens with one attached hydrogen (secondary N) is 8. The van der Waals surface area contributed by atoms with Crippen LogP contribution in [0, 0.1) is 5.92 Å². The van der Waals surface area contributed by atoms with E-state index in [1.807, 2.05) is 24.3 Å². The largest absolute Gasteiger partial charge is 0.480 e. The summed E-state index contributed by atoms with van der Waals surface area (Å²) in [4.78, 5) is 107. The number of aromatic amines is 1. The highest BCUT2D eigenvalue weighted by molar-refractivity contribution is 7.80. The molecule has 0 fully saturated rings. The molecule has 0 spiro atoms. The second-order valence-corrected chi connectivity index (χ2v) is 15.0. The molecule has 1 aromatic heterocycles. The molecular formula is C37H58N10O9S2. The van der Waals surface area contributed by atoms with E-state index in [1.54, 1.807) is 20.0 Å². The summed E-state index contributed by atoms with van der Waals surface area (Å²) in [7, 11) is 0. The molecule has 8 atom stereocenters. The van der Waals surface area contributed by atoms with Gasteiger partial charge in [-0.05, 0) is 64.1 Å². The summed E-state index contributed by atoms with van der Waals surface area (Å²) in [5, 5.41) is 27.8. The van der Waals surface area contributed by atoms with E-state index in [0.29, 0.717) is 24.9 Å². The van der Waals surface area contributed by atoms with Crippen LogP contribution in [0.25, 0.3) is 10.9 Å². The van der Waals surface area contributed by atoms with Crippen LogP contribution in [-0.4, -0.2) is 124 Å². The van der Waals surface area contributed by atoms with Gasteiger partial charge in [0.05, 0.1) is 6.04 Å². The highest BCUT2D eigenvalue weighted by atomic mass is 32.1. The number of thiol groups is 2. The Kier molecular flexibility index (Phi) is 20.5. The lowest BCUT2D eigenvalue weighted by Gasteiger charge is -2.28. The number of fused-ring (bicyclic) bond motifs is 1. The van der Waals surface area contributed by atoms with Crippen molar-refractivity contribution in [2.75, 3.05) is 18.1 Å². The molecule has 1 aromatic carbocycles. The van der Waals surface area contributed by atoms with E-state index in [4.69, 9.17) is 16.6 Å². The maximum atomic E-state index is 14.2. The zero-order chi connectivity index (χ0) is 43.7. The molecule has 0 saturated heterocycles. The fourth-order valence-electron chi connectivity index (χ4n) is 5.56. The first-order valence-electron chi connectivity index (χ1n) is 18.9. The van der Waals surface area contributed by atoms with E-state index >= 15 is 0 Å². The molecule has 322 valence electrons. The second kappa shape index (κ2) is 24.2. The molecule has 0 saturated carbocycles. The van der Waals surface area contributed by atoms with Gasteiger partial charge in [0.2, 0.25) is 41.4 Å². The maximum absolute atomic E-state index is 14.2. The SMILES string of the molecule is CC(C)[C@H](NC(=O)[C@H](CCCCN)NC(=O)[C@H](Cc1c[nH]c2ccccc12)NC(=O)[C@H](C)NC(=O)[C@H](CS)NC(=O)[C@H](C)N)C(=O)N[C@@H](CS)C(=O)N[C@@H](C)C(=O)O. The Hall–Kier alpha value is -4.86. The molecule has 0 unspecified atom stereocenters. The summed E-state index contributed by atoms with van der Waals surface area (Å²) in [6.45, 7) is 7.72. The number of para-hydroxylation sites is 1. The Labute approximate surface area is 348 Å². The minimum absolute atomic E-state index is 0.0339. The van der Waals surface area contributed by atoms with Crippen LogP contribution in [0.1, 0.15) is 59.4 Å². The topological polar surface area (TPSA) is 309 Å². The fraction of sp³-hybridized carbons (Fsp3) is 0.568. The number of nitrogens with two attached hydrogens (primary N) is 2. The zero-order valence-corrected chi connectivity index (χ0v) is 35.1. The van der Waals surface area contributed by atoms with Crippen molar-refractivity contribution >= 4 is 83.5 Å². The van der Waals surface area contributed by atoms with E-state index in [0.717, 1.165) is 10.9 Å². The van der Waals surface area contributed by atoms with Crippen LogP contribution in [0.3, 0.4) is 0 Å². The average molecular weight is 851 g/mol. The maximum Gasteiger partial charge on any atom is 0.325 e. The molecule has 0 bridgehead atoms. The zero-order valence-electron chi connectivity index (χ0n) is 33.3. The Morgan fingerprint density at radius 1 is 0.655 bits per heavy atom. The van der Waals surface area contributed by atoms with Crippen molar-refractivity contribution in [3.63, 3.8) is 0 Å². The standard InChI is InChI=1S/C37H58N10O9S2/c1-18(2)29(36(54)46-28(17-58)35(53)42-21(5)37(55)56)47-32(50)25(12-8-9-13-38)43-33(51)26(14-22-15-40-24-11-7-6-10-23(22)24)44-31(49)20(4)41-34(52)27(16-57)45-30(48)19(3)39/h6-7,10-11,15,18-21,25-29,40,57-58H,8-9,12-14,16-17,38-39H2,1-5H3,(H,41,52)(H,42,53)(H,43,51)(H,44,49)(H,45,48)(H,46,54)(H,47,50)(H,55,56)/t19-,20-,21-,25-,26-,27-,28-,29-/m0/s1. The van der Waals surface area contributed by atoms with Gasteiger partial charge in [-0.15, -0.1) is 0 Å². The summed E-state index contributed by atoms with van der Waals surface area (Å²) in [5.74, 6) is -7.10. The first kappa shape index (κ1) is 49.3. The molecule has 13 N–H and O–H groups in total. The molecule has 21 heteroatoms. The third-order valence-electron chi connectivity index (χ3n) is 9.08. The van der Waals surface area contributed by atoms with Gasteiger partial charge in [-0.2, -0.15) is 25.3 Å². The van der Waals surface area contributed by atoms with E-state index in [-0.39, 0.29) is 24.3 Å². The van der Waals surface area contributed by atoms with Crippen molar-refractivity contribution in [1.82, 2.24) is 42.2 Å². The monoisotopic (exact) mass is 850 g/mol. The summed E-state index contributed by atoms with van der Waals surface area (Å²) >= 11 is 8.25. The molecule has 19 nitrogen and oxygen atoms in total. The smallest absolute Gasteiger partial charge is 0.325 e. The van der Waals surface area contributed by atoms with Crippen LogP contribution in [0.4, 0.5) is 0 Å². The van der Waals surface area contributed by atoms with Crippen molar-refractivity contribution in [3.05, 3.63) is 36.0 Å². The number of rotatable bonds is 24. The first-order chi connectivity index (χ1) is 27.3. The van der Waals surface area contributed by atoms with Crippen molar-refractivity contribution in [3.8, 4) is 0 Å². The Morgan fingerprint density at radius 2 is 1.17 bits per heavy atom. The number of aromatic nitrogens is 1. The quantitative estimate of drug-likeness (QED) is 0.0414. The molecule has 58 heavy (non-hydrogen) atoms. The molecule has 0 aliphatic rings. The fourth-order valence-corrected chi connectivity index (χ4v) is 6.07. The lowest BCUT2D eigenvalue weighted by molar-refractivity contribution is -0.141. The van der Waals surface area contributed by atoms with Crippen LogP contribution in [-0.2, 0) is 44.8 Å². The number of carboxylic acids is 1. The molecule has 0 radical (unpaired) electrons. The van der Waals surface area contributed by atoms with E-state index < -0.39 is 102 Å². The summed E-state index contributed by atoms with van der Waals surface area (Å²) in [6, 6.07) is -2.01. The normalized spacial score (nSPS) is 15.3. The number of carbonyl (C=O) groups is 8. The molecular weight excluding hydrogens is 793 g/mol. The van der Waals surface area contributed by atoms with Gasteiger partial charge in [0, 0.05) is 35.0 Å². The predicted octanol–water partition coefficient (Wildman–Crippen LogP) is -1.78. The van der Waals surface area contributed by atoms with Crippen molar-refractivity contribution in [1.29, 1.82) is 0 Å². The number of benzene rings is 1. The number of hydrogen-bond acceptors (Lipinski definition) is 12. The number of carboxylic acid groups (broad SMARTS) is 1. The summed E-state index contributed by atoms with van der Waals surface area (Å²) in [6.07, 6.45) is 2.68. The van der Waals surface area contributed by atoms with Gasteiger partial charge in [0.15, 0.2) is 0 Å². The average Bonchev–Trinajstić information content (AvgIpc) is 3.58. The van der Waals surface area contributed by atoms with E-state index in [9.17, 15) is 38.4 Å². The number of unbranched alkanes of at least 4 members (excludes halogenated alkanes) is 1. The Morgan fingerprint density at radius 3 is 1.72 bits per heavy atom. The van der Waals surface area contributed by atoms with Crippen LogP contribution in [0.5, 0.6) is 0 Å².